The lowest BCUT2D eigenvalue weighted by Gasteiger charge is -2.01. The molecule has 1 aromatic rings. The van der Waals surface area contributed by atoms with E-state index < -0.39 is 4.92 Å². The van der Waals surface area contributed by atoms with Crippen LogP contribution < -0.4 is 11.9 Å². The number of aromatic hydroxyl groups is 1. The van der Waals surface area contributed by atoms with Crippen molar-refractivity contribution >= 4 is 18.1 Å². The van der Waals surface area contributed by atoms with Gasteiger partial charge in [-0.15, -0.1) is 12.4 Å². The minimum Gasteiger partial charge on any atom is -0.507 e. The van der Waals surface area contributed by atoms with Crippen molar-refractivity contribution in [2.24, 2.45) is 5.73 Å². The summed E-state index contributed by atoms with van der Waals surface area (Å²) in [5.41, 5.74) is 5.80. The third-order valence-corrected chi connectivity index (χ3v) is 1.69. The Balaban J connectivity index is -0.000000563. The first-order valence-electron chi connectivity index (χ1n) is 3.81. The van der Waals surface area contributed by atoms with E-state index in [1.165, 1.54) is 12.1 Å². The number of phenols is 1. The number of nitrogens with two attached hydrogens (primary N) is 1. The zero-order chi connectivity index (χ0) is 9.84. The van der Waals surface area contributed by atoms with Crippen LogP contribution in [-0.4, -0.2) is 22.1 Å². The number of nitro groups is 1. The fourth-order valence-electron chi connectivity index (χ4n) is 1.03. The number of benzene rings is 1. The molecular formula is C8H16ClN3O4. The van der Waals surface area contributed by atoms with Crippen molar-refractivity contribution in [3.05, 3.63) is 33.9 Å². The summed E-state index contributed by atoms with van der Waals surface area (Å²) in [6.45, 7) is 0.408. The zero-order valence-corrected chi connectivity index (χ0v) is 9.37. The summed E-state index contributed by atoms with van der Waals surface area (Å²) in [6.07, 6.45) is 0.518. The molecule has 0 amide bonds. The number of hydrogen-bond donors (Lipinski definition) is 3. The van der Waals surface area contributed by atoms with Crippen molar-refractivity contribution in [2.75, 3.05) is 6.54 Å². The van der Waals surface area contributed by atoms with E-state index in [9.17, 15) is 15.2 Å². The Kier molecular flexibility index (Phi) is 11.1. The highest BCUT2D eigenvalue weighted by Crippen LogP contribution is 2.23. The van der Waals surface area contributed by atoms with Crippen LogP contribution in [0.1, 0.15) is 5.56 Å². The number of nitro benzene ring substituents is 1. The molecule has 94 valence electrons. The van der Waals surface area contributed by atoms with Crippen LogP contribution in [0.3, 0.4) is 0 Å². The van der Waals surface area contributed by atoms with Gasteiger partial charge in [0.25, 0.3) is 5.69 Å². The molecule has 0 aliphatic heterocycles. The predicted octanol–water partition coefficient (Wildman–Crippen LogP) is 0.561. The Morgan fingerprint density at radius 3 is 2.38 bits per heavy atom. The van der Waals surface area contributed by atoms with Gasteiger partial charge in [-0.1, -0.05) is 0 Å². The monoisotopic (exact) mass is 253 g/mol. The van der Waals surface area contributed by atoms with Crippen LogP contribution >= 0.6 is 12.4 Å². The van der Waals surface area contributed by atoms with Gasteiger partial charge in [0.1, 0.15) is 5.75 Å². The maximum atomic E-state index is 10.3. The molecule has 0 unspecified atom stereocenters. The highest BCUT2D eigenvalue weighted by molar-refractivity contribution is 5.85. The molecule has 8 heteroatoms. The van der Waals surface area contributed by atoms with E-state index in [4.69, 9.17) is 5.73 Å². The van der Waals surface area contributed by atoms with Gasteiger partial charge < -0.3 is 22.5 Å². The minimum atomic E-state index is -0.550. The molecule has 8 N–H and O–H groups in total. The SMILES string of the molecule is Cl.N.NCCc1ccc([N+](=O)[O-])cc1O.O. The molecule has 0 aliphatic carbocycles. The van der Waals surface area contributed by atoms with E-state index in [0.29, 0.717) is 18.5 Å². The van der Waals surface area contributed by atoms with Crippen molar-refractivity contribution in [2.45, 2.75) is 6.42 Å². The first-order chi connectivity index (χ1) is 6.15. The van der Waals surface area contributed by atoms with Crippen LogP contribution in [0.5, 0.6) is 5.75 Å². The lowest BCUT2D eigenvalue weighted by molar-refractivity contribution is -0.384. The molecule has 7 nitrogen and oxygen atoms in total. The average molecular weight is 254 g/mol. The third kappa shape index (κ3) is 4.89. The molecule has 0 bridgehead atoms. The van der Waals surface area contributed by atoms with Gasteiger partial charge in [0.15, 0.2) is 0 Å². The lowest BCUT2D eigenvalue weighted by Crippen LogP contribution is -2.02. The van der Waals surface area contributed by atoms with E-state index in [2.05, 4.69) is 0 Å². The second-order valence-electron chi connectivity index (χ2n) is 2.61. The molecule has 16 heavy (non-hydrogen) atoms. The quantitative estimate of drug-likeness (QED) is 0.530. The van der Waals surface area contributed by atoms with Crippen LogP contribution in [0.4, 0.5) is 5.69 Å². The molecule has 0 saturated carbocycles. The van der Waals surface area contributed by atoms with E-state index in [1.807, 2.05) is 0 Å². The largest absolute Gasteiger partial charge is 0.507 e. The van der Waals surface area contributed by atoms with Crippen molar-refractivity contribution in [1.29, 1.82) is 0 Å². The van der Waals surface area contributed by atoms with Gasteiger partial charge in [-0.05, 0) is 24.6 Å². The number of hydrogen-bond acceptors (Lipinski definition) is 5. The Morgan fingerprint density at radius 2 is 2.00 bits per heavy atom. The minimum absolute atomic E-state index is 0. The van der Waals surface area contributed by atoms with Gasteiger partial charge >= 0.3 is 0 Å². The second-order valence-corrected chi connectivity index (χ2v) is 2.61. The van der Waals surface area contributed by atoms with Crippen LogP contribution in [-0.2, 0) is 6.42 Å². The molecular weight excluding hydrogens is 238 g/mol. The fourth-order valence-corrected chi connectivity index (χ4v) is 1.03. The summed E-state index contributed by atoms with van der Waals surface area (Å²) in [6, 6.07) is 4.00. The van der Waals surface area contributed by atoms with Crippen LogP contribution in [0.15, 0.2) is 18.2 Å². The Bertz CT molecular complexity index is 335. The predicted molar refractivity (Wildman–Crippen MR) is 63.4 cm³/mol. The topological polar surface area (TPSA) is 156 Å². The summed E-state index contributed by atoms with van der Waals surface area (Å²) in [5.74, 6) is -0.0698. The Hall–Kier alpha value is -1.41. The number of rotatable bonds is 3. The summed E-state index contributed by atoms with van der Waals surface area (Å²) in [7, 11) is 0. The highest BCUT2D eigenvalue weighted by Gasteiger charge is 2.08. The van der Waals surface area contributed by atoms with E-state index in [-0.39, 0.29) is 35.5 Å². The number of halogens is 1. The lowest BCUT2D eigenvalue weighted by atomic mass is 10.1. The van der Waals surface area contributed by atoms with Crippen LogP contribution in [0.2, 0.25) is 0 Å². The van der Waals surface area contributed by atoms with Crippen LogP contribution in [0.25, 0.3) is 0 Å². The maximum absolute atomic E-state index is 10.3. The summed E-state index contributed by atoms with van der Waals surface area (Å²) in [4.78, 5) is 9.74. The van der Waals surface area contributed by atoms with E-state index in [0.717, 1.165) is 6.07 Å². The standard InChI is InChI=1S/C8H10N2O3.ClH.H3N.H2O/c9-4-3-6-1-2-7(10(12)13)5-8(6)11;;;/h1-2,5,11H,3-4,9H2;1H;1H3;1H2. The number of phenolic OH excluding ortho intramolecular Hbond substituents is 1. The summed E-state index contributed by atoms with van der Waals surface area (Å²) in [5, 5.41) is 19.6. The van der Waals surface area contributed by atoms with Crippen molar-refractivity contribution in [3.63, 3.8) is 0 Å². The summed E-state index contributed by atoms with van der Waals surface area (Å²) < 4.78 is 0. The molecule has 0 atom stereocenters. The second kappa shape index (κ2) is 8.86. The van der Waals surface area contributed by atoms with E-state index >= 15 is 0 Å². The van der Waals surface area contributed by atoms with Crippen molar-refractivity contribution < 1.29 is 15.5 Å². The Morgan fingerprint density at radius 1 is 1.44 bits per heavy atom. The normalized spacial score (nSPS) is 8.06. The van der Waals surface area contributed by atoms with Crippen LogP contribution in [0, 0.1) is 10.1 Å². The molecule has 1 rings (SSSR count). The molecule has 1 aromatic carbocycles. The van der Waals surface area contributed by atoms with Gasteiger partial charge in [-0.3, -0.25) is 10.1 Å². The van der Waals surface area contributed by atoms with Gasteiger partial charge in [0.05, 0.1) is 11.0 Å². The van der Waals surface area contributed by atoms with E-state index in [1.54, 1.807) is 0 Å². The molecule has 0 heterocycles. The average Bonchev–Trinajstić information content (AvgIpc) is 2.08. The molecule has 0 spiro atoms. The number of non-ortho nitro benzene ring substituents is 1. The van der Waals surface area contributed by atoms with Crippen molar-refractivity contribution in [3.8, 4) is 5.75 Å². The number of nitrogens with zero attached hydrogens (tertiary/aromatic N) is 1. The first-order valence-corrected chi connectivity index (χ1v) is 3.81. The molecule has 0 saturated heterocycles. The molecule has 0 fully saturated rings. The fraction of sp³-hybridized carbons (Fsp3) is 0.250. The van der Waals surface area contributed by atoms with Gasteiger partial charge in [-0.2, -0.15) is 0 Å². The van der Waals surface area contributed by atoms with Gasteiger partial charge in [0, 0.05) is 6.07 Å². The van der Waals surface area contributed by atoms with Gasteiger partial charge in [-0.25, -0.2) is 0 Å². The maximum Gasteiger partial charge on any atom is 0.273 e. The molecule has 0 aliphatic rings. The highest BCUT2D eigenvalue weighted by atomic mass is 35.5. The van der Waals surface area contributed by atoms with Gasteiger partial charge in [0.2, 0.25) is 0 Å². The third-order valence-electron chi connectivity index (χ3n) is 1.69. The molecule has 0 aromatic heterocycles. The summed E-state index contributed by atoms with van der Waals surface area (Å²) >= 11 is 0. The van der Waals surface area contributed by atoms with Crippen molar-refractivity contribution in [1.82, 2.24) is 6.15 Å². The molecule has 0 radical (unpaired) electrons. The Labute approximate surface area is 98.7 Å². The zero-order valence-electron chi connectivity index (χ0n) is 8.55. The smallest absolute Gasteiger partial charge is 0.273 e. The first kappa shape index (κ1) is 20.1.